The number of piperidine rings is 1. The number of rotatable bonds is 11. The van der Waals surface area contributed by atoms with Crippen LogP contribution in [0, 0.1) is 29.1 Å². The van der Waals surface area contributed by atoms with Crippen LogP contribution < -0.4 is 10.1 Å². The third-order valence-electron chi connectivity index (χ3n) is 6.36. The Morgan fingerprint density at radius 2 is 1.84 bits per heavy atom. The number of carbonyl (C=O) groups is 1. The first-order valence-electron chi connectivity index (χ1n) is 11.5. The molecule has 0 radical (unpaired) electrons. The molecule has 32 heavy (non-hydrogen) atoms. The zero-order valence-electron chi connectivity index (χ0n) is 18.6. The highest BCUT2D eigenvalue weighted by atomic mass is 16.5. The van der Waals surface area contributed by atoms with Crippen LogP contribution in [0.25, 0.3) is 0 Å². The standard InChI is InChI=1S/C26H31N3O3/c1-2-31-26(30)21(15-27)14-19-8-10-22(11-9-19)32-13-12-28-25-23-17-29(18-24(23)25)16-20-6-4-3-5-7-20/h3-11,21,23-25,28H,2,12-14,16-18H2,1H3/t21?,23-,24+,25?. The molecule has 2 aromatic carbocycles. The number of benzene rings is 2. The molecule has 2 aliphatic rings. The van der Waals surface area contributed by atoms with Gasteiger partial charge in [-0.2, -0.15) is 5.26 Å². The van der Waals surface area contributed by atoms with Gasteiger partial charge in [-0.3, -0.25) is 9.69 Å². The molecule has 2 aromatic rings. The lowest BCUT2D eigenvalue weighted by Crippen LogP contribution is -2.33. The molecule has 6 heteroatoms. The fourth-order valence-corrected chi connectivity index (χ4v) is 4.66. The minimum absolute atomic E-state index is 0.284. The molecule has 4 atom stereocenters. The molecule has 2 unspecified atom stereocenters. The number of ether oxygens (including phenoxy) is 2. The van der Waals surface area contributed by atoms with Crippen molar-refractivity contribution in [2.75, 3.05) is 32.8 Å². The highest BCUT2D eigenvalue weighted by Crippen LogP contribution is 2.45. The highest BCUT2D eigenvalue weighted by molar-refractivity contribution is 5.75. The summed E-state index contributed by atoms with van der Waals surface area (Å²) in [4.78, 5) is 14.3. The third kappa shape index (κ3) is 5.67. The van der Waals surface area contributed by atoms with Crippen LogP contribution in [-0.2, 0) is 22.5 Å². The summed E-state index contributed by atoms with van der Waals surface area (Å²) in [5, 5.41) is 12.8. The molecule has 0 bridgehead atoms. The van der Waals surface area contributed by atoms with Crippen molar-refractivity contribution in [1.29, 1.82) is 5.26 Å². The van der Waals surface area contributed by atoms with Gasteiger partial charge in [0.2, 0.25) is 0 Å². The fourth-order valence-electron chi connectivity index (χ4n) is 4.66. The largest absolute Gasteiger partial charge is 0.492 e. The van der Waals surface area contributed by atoms with Crippen molar-refractivity contribution in [1.82, 2.24) is 10.2 Å². The Balaban J connectivity index is 1.12. The van der Waals surface area contributed by atoms with Crippen LogP contribution in [0.1, 0.15) is 18.1 Å². The maximum atomic E-state index is 11.8. The minimum Gasteiger partial charge on any atom is -0.492 e. The molecule has 0 spiro atoms. The van der Waals surface area contributed by atoms with Gasteiger partial charge in [0.15, 0.2) is 0 Å². The summed E-state index contributed by atoms with van der Waals surface area (Å²) in [5.74, 6) is 1.10. The van der Waals surface area contributed by atoms with Crippen LogP contribution in [0.3, 0.4) is 0 Å². The normalized spacial score (nSPS) is 22.6. The van der Waals surface area contributed by atoms with E-state index in [9.17, 15) is 10.1 Å². The predicted molar refractivity (Wildman–Crippen MR) is 122 cm³/mol. The highest BCUT2D eigenvalue weighted by Gasteiger charge is 2.55. The van der Waals surface area contributed by atoms with Crippen LogP contribution in [-0.4, -0.2) is 49.8 Å². The van der Waals surface area contributed by atoms with E-state index in [2.05, 4.69) is 40.5 Å². The molecule has 1 aliphatic carbocycles. The molecule has 0 aromatic heterocycles. The topological polar surface area (TPSA) is 74.6 Å². The molecular formula is C26H31N3O3. The molecule has 168 valence electrons. The Morgan fingerprint density at radius 3 is 2.50 bits per heavy atom. The molecule has 1 saturated heterocycles. The number of fused-ring (bicyclic) bond motifs is 1. The van der Waals surface area contributed by atoms with E-state index in [0.717, 1.165) is 36.2 Å². The Bertz CT molecular complexity index is 914. The number of esters is 1. The van der Waals surface area contributed by atoms with Crippen molar-refractivity contribution in [3.8, 4) is 11.8 Å². The maximum absolute atomic E-state index is 11.8. The van der Waals surface area contributed by atoms with E-state index in [1.54, 1.807) is 6.92 Å². The lowest BCUT2D eigenvalue weighted by atomic mass is 10.0. The molecule has 1 heterocycles. The van der Waals surface area contributed by atoms with Gasteiger partial charge in [-0.05, 0) is 48.4 Å². The van der Waals surface area contributed by atoms with Crippen LogP contribution in [0.2, 0.25) is 0 Å². The van der Waals surface area contributed by atoms with E-state index in [4.69, 9.17) is 9.47 Å². The van der Waals surface area contributed by atoms with Gasteiger partial charge < -0.3 is 14.8 Å². The molecule has 4 rings (SSSR count). The van der Waals surface area contributed by atoms with E-state index in [1.165, 1.54) is 18.7 Å². The second-order valence-corrected chi connectivity index (χ2v) is 8.62. The summed E-state index contributed by atoms with van der Waals surface area (Å²) in [6.07, 6.45) is 0.350. The minimum atomic E-state index is -0.771. The van der Waals surface area contributed by atoms with E-state index in [0.29, 0.717) is 19.1 Å². The summed E-state index contributed by atoms with van der Waals surface area (Å²) in [7, 11) is 0. The van der Waals surface area contributed by atoms with Gasteiger partial charge in [-0.15, -0.1) is 0 Å². The first-order valence-corrected chi connectivity index (χ1v) is 11.5. The Kier molecular flexibility index (Phi) is 7.41. The monoisotopic (exact) mass is 433 g/mol. The third-order valence-corrected chi connectivity index (χ3v) is 6.36. The van der Waals surface area contributed by atoms with Crippen LogP contribution in [0.4, 0.5) is 0 Å². The van der Waals surface area contributed by atoms with Gasteiger partial charge in [0.05, 0.1) is 12.7 Å². The number of carbonyl (C=O) groups excluding carboxylic acids is 1. The van der Waals surface area contributed by atoms with Crippen molar-refractivity contribution >= 4 is 5.97 Å². The summed E-state index contributed by atoms with van der Waals surface area (Å²) >= 11 is 0. The molecule has 1 N–H and O–H groups in total. The zero-order chi connectivity index (χ0) is 22.3. The maximum Gasteiger partial charge on any atom is 0.323 e. The van der Waals surface area contributed by atoms with Gasteiger partial charge in [-0.25, -0.2) is 0 Å². The van der Waals surface area contributed by atoms with Gasteiger partial charge >= 0.3 is 5.97 Å². The number of hydrogen-bond acceptors (Lipinski definition) is 6. The predicted octanol–water partition coefficient (Wildman–Crippen LogP) is 3.03. The quantitative estimate of drug-likeness (QED) is 0.434. The number of likely N-dealkylation sites (tertiary alicyclic amines) is 1. The van der Waals surface area contributed by atoms with Crippen LogP contribution >= 0.6 is 0 Å². The van der Waals surface area contributed by atoms with Crippen molar-refractivity contribution in [3.63, 3.8) is 0 Å². The number of nitrogens with one attached hydrogen (secondary N) is 1. The van der Waals surface area contributed by atoms with Crippen LogP contribution in [0.5, 0.6) is 5.75 Å². The Labute approximate surface area is 190 Å². The fraction of sp³-hybridized carbons (Fsp3) is 0.462. The average molecular weight is 434 g/mol. The molecular weight excluding hydrogens is 402 g/mol. The van der Waals surface area contributed by atoms with Gasteiger partial charge in [0, 0.05) is 32.2 Å². The van der Waals surface area contributed by atoms with Gasteiger partial charge in [0.1, 0.15) is 18.3 Å². The molecule has 2 fully saturated rings. The molecule has 1 aliphatic heterocycles. The first kappa shape index (κ1) is 22.3. The summed E-state index contributed by atoms with van der Waals surface area (Å²) in [6.45, 7) is 6.87. The number of nitrogens with zero attached hydrogens (tertiary/aromatic N) is 2. The molecule has 1 saturated carbocycles. The molecule has 0 amide bonds. The van der Waals surface area contributed by atoms with E-state index in [1.807, 2.05) is 30.3 Å². The first-order chi connectivity index (χ1) is 15.7. The van der Waals surface area contributed by atoms with Crippen LogP contribution in [0.15, 0.2) is 54.6 Å². The van der Waals surface area contributed by atoms with Crippen molar-refractivity contribution in [2.45, 2.75) is 25.9 Å². The van der Waals surface area contributed by atoms with E-state index < -0.39 is 11.9 Å². The van der Waals surface area contributed by atoms with Gasteiger partial charge in [0.25, 0.3) is 0 Å². The number of hydrogen-bond donors (Lipinski definition) is 1. The van der Waals surface area contributed by atoms with Crippen molar-refractivity contribution in [3.05, 3.63) is 65.7 Å². The van der Waals surface area contributed by atoms with E-state index in [-0.39, 0.29) is 6.61 Å². The second-order valence-electron chi connectivity index (χ2n) is 8.62. The average Bonchev–Trinajstić information content (AvgIpc) is 3.26. The Hall–Kier alpha value is -2.88. The SMILES string of the molecule is CCOC(=O)C(C#N)Cc1ccc(OCCNC2[C@H]3CN(Cc4ccccc4)C[C@@H]23)cc1. The summed E-state index contributed by atoms with van der Waals surface area (Å²) in [5.41, 5.74) is 2.31. The number of nitriles is 1. The Morgan fingerprint density at radius 1 is 1.12 bits per heavy atom. The van der Waals surface area contributed by atoms with Crippen molar-refractivity contribution in [2.24, 2.45) is 17.8 Å². The second kappa shape index (κ2) is 10.6. The summed E-state index contributed by atoms with van der Waals surface area (Å²) < 4.78 is 10.8. The van der Waals surface area contributed by atoms with E-state index >= 15 is 0 Å². The van der Waals surface area contributed by atoms with Crippen molar-refractivity contribution < 1.29 is 14.3 Å². The lowest BCUT2D eigenvalue weighted by Gasteiger charge is -2.20. The van der Waals surface area contributed by atoms with Gasteiger partial charge in [-0.1, -0.05) is 42.5 Å². The zero-order valence-corrected chi connectivity index (χ0v) is 18.6. The smallest absolute Gasteiger partial charge is 0.323 e. The lowest BCUT2D eigenvalue weighted by molar-refractivity contribution is -0.145. The summed E-state index contributed by atoms with van der Waals surface area (Å²) in [6, 6.07) is 20.9. The molecule has 6 nitrogen and oxygen atoms in total.